The van der Waals surface area contributed by atoms with Crippen LogP contribution in [-0.4, -0.2) is 33.6 Å². The molecule has 0 unspecified atom stereocenters. The van der Waals surface area contributed by atoms with Crippen molar-refractivity contribution in [2.75, 3.05) is 11.9 Å². The van der Waals surface area contributed by atoms with E-state index >= 15 is 0 Å². The average molecular weight is 364 g/mol. The van der Waals surface area contributed by atoms with Crippen LogP contribution in [0.2, 0.25) is 0 Å². The van der Waals surface area contributed by atoms with Crippen LogP contribution in [0.25, 0.3) is 16.7 Å². The normalized spacial score (nSPS) is 19.9. The van der Waals surface area contributed by atoms with E-state index in [9.17, 15) is 4.79 Å². The molecule has 0 spiro atoms. The maximum Gasteiger partial charge on any atom is 0.250 e. The summed E-state index contributed by atoms with van der Waals surface area (Å²) in [5.74, 6) is 0.659. The third-order valence-electron chi connectivity index (χ3n) is 5.16. The van der Waals surface area contributed by atoms with Gasteiger partial charge in [-0.05, 0) is 68.0 Å². The first-order valence-electron chi connectivity index (χ1n) is 9.51. The van der Waals surface area contributed by atoms with E-state index in [1.165, 1.54) is 12.8 Å². The van der Waals surface area contributed by atoms with Crippen LogP contribution >= 0.6 is 0 Å². The van der Waals surface area contributed by atoms with E-state index in [4.69, 9.17) is 4.74 Å². The minimum atomic E-state index is -0.118. The molecule has 1 N–H and O–H groups in total. The summed E-state index contributed by atoms with van der Waals surface area (Å²) in [6.45, 7) is 2.38. The Morgan fingerprint density at radius 2 is 1.85 bits per heavy atom. The van der Waals surface area contributed by atoms with Crippen LogP contribution in [0.1, 0.15) is 32.6 Å². The molecule has 6 heteroatoms. The van der Waals surface area contributed by atoms with Crippen molar-refractivity contribution in [3.8, 4) is 5.69 Å². The number of anilines is 1. The van der Waals surface area contributed by atoms with Crippen molar-refractivity contribution in [2.45, 2.75) is 38.7 Å². The SMILES string of the molecule is CC1CCC(OCC(=O)Nc2ccc(-n3nnc4ccccc43)cc2)CC1. The molecule has 1 aromatic heterocycles. The Morgan fingerprint density at radius 1 is 1.11 bits per heavy atom. The van der Waals surface area contributed by atoms with E-state index in [1.54, 1.807) is 4.68 Å². The molecule has 1 amide bonds. The van der Waals surface area contributed by atoms with E-state index in [-0.39, 0.29) is 18.6 Å². The Morgan fingerprint density at radius 3 is 2.63 bits per heavy atom. The Balaban J connectivity index is 1.34. The summed E-state index contributed by atoms with van der Waals surface area (Å²) in [4.78, 5) is 12.1. The summed E-state index contributed by atoms with van der Waals surface area (Å²) in [7, 11) is 0. The maximum absolute atomic E-state index is 12.1. The second-order valence-electron chi connectivity index (χ2n) is 7.28. The monoisotopic (exact) mass is 364 g/mol. The van der Waals surface area contributed by atoms with Crippen LogP contribution in [-0.2, 0) is 9.53 Å². The van der Waals surface area contributed by atoms with E-state index in [0.29, 0.717) is 0 Å². The number of benzene rings is 2. The molecule has 0 atom stereocenters. The van der Waals surface area contributed by atoms with Gasteiger partial charge in [0.1, 0.15) is 12.1 Å². The van der Waals surface area contributed by atoms with Gasteiger partial charge in [-0.25, -0.2) is 4.68 Å². The summed E-state index contributed by atoms with van der Waals surface area (Å²) in [6, 6.07) is 15.4. The fourth-order valence-electron chi connectivity index (χ4n) is 3.53. The van der Waals surface area contributed by atoms with E-state index < -0.39 is 0 Å². The van der Waals surface area contributed by atoms with E-state index in [1.807, 2.05) is 48.5 Å². The second-order valence-corrected chi connectivity index (χ2v) is 7.28. The molecule has 0 aliphatic heterocycles. The molecule has 1 fully saturated rings. The quantitative estimate of drug-likeness (QED) is 0.744. The minimum absolute atomic E-state index is 0.106. The van der Waals surface area contributed by atoms with Crippen LogP contribution < -0.4 is 5.32 Å². The number of ether oxygens (including phenoxy) is 1. The zero-order valence-corrected chi connectivity index (χ0v) is 15.5. The summed E-state index contributed by atoms with van der Waals surface area (Å²) in [5.41, 5.74) is 3.44. The molecule has 3 aromatic rings. The molecule has 1 heterocycles. The van der Waals surface area contributed by atoms with Gasteiger partial charge in [0.05, 0.1) is 17.3 Å². The van der Waals surface area contributed by atoms with Crippen molar-refractivity contribution in [3.63, 3.8) is 0 Å². The average Bonchev–Trinajstić information content (AvgIpc) is 3.12. The van der Waals surface area contributed by atoms with Gasteiger partial charge in [-0.15, -0.1) is 5.10 Å². The lowest BCUT2D eigenvalue weighted by Gasteiger charge is -2.25. The van der Waals surface area contributed by atoms with Crippen LogP contribution in [0.15, 0.2) is 48.5 Å². The number of hydrogen-bond acceptors (Lipinski definition) is 4. The van der Waals surface area contributed by atoms with Crippen molar-refractivity contribution < 1.29 is 9.53 Å². The number of carbonyl (C=O) groups excluding carboxylic acids is 1. The number of para-hydroxylation sites is 1. The highest BCUT2D eigenvalue weighted by atomic mass is 16.5. The third kappa shape index (κ3) is 4.17. The molecule has 0 radical (unpaired) electrons. The van der Waals surface area contributed by atoms with Gasteiger partial charge in [-0.1, -0.05) is 24.3 Å². The molecule has 4 rings (SSSR count). The first-order valence-corrected chi connectivity index (χ1v) is 9.51. The van der Waals surface area contributed by atoms with Gasteiger partial charge in [0.2, 0.25) is 5.91 Å². The van der Waals surface area contributed by atoms with Gasteiger partial charge in [-0.3, -0.25) is 4.79 Å². The van der Waals surface area contributed by atoms with E-state index in [2.05, 4.69) is 22.6 Å². The smallest absolute Gasteiger partial charge is 0.250 e. The number of fused-ring (bicyclic) bond motifs is 1. The number of carbonyl (C=O) groups is 1. The summed E-state index contributed by atoms with van der Waals surface area (Å²) in [5, 5.41) is 11.3. The van der Waals surface area contributed by atoms with Crippen LogP contribution in [0, 0.1) is 5.92 Å². The zero-order valence-electron chi connectivity index (χ0n) is 15.5. The standard InChI is InChI=1S/C21H24N4O2/c1-15-6-12-18(13-7-15)27-14-21(26)22-16-8-10-17(11-9-16)25-20-5-3-2-4-19(20)23-24-25/h2-5,8-11,15,18H,6-7,12-14H2,1H3,(H,22,26). The molecule has 6 nitrogen and oxygen atoms in total. The van der Waals surface area contributed by atoms with Gasteiger partial charge in [-0.2, -0.15) is 0 Å². The summed E-state index contributed by atoms with van der Waals surface area (Å²) >= 11 is 0. The third-order valence-corrected chi connectivity index (χ3v) is 5.16. The largest absolute Gasteiger partial charge is 0.368 e. The Kier molecular flexibility index (Phi) is 5.16. The molecule has 27 heavy (non-hydrogen) atoms. The number of nitrogens with one attached hydrogen (secondary N) is 1. The molecular weight excluding hydrogens is 340 g/mol. The highest BCUT2D eigenvalue weighted by molar-refractivity contribution is 5.91. The molecule has 0 saturated heterocycles. The van der Waals surface area contributed by atoms with E-state index in [0.717, 1.165) is 41.2 Å². The highest BCUT2D eigenvalue weighted by Gasteiger charge is 2.19. The second kappa shape index (κ2) is 7.88. The summed E-state index contributed by atoms with van der Waals surface area (Å²) < 4.78 is 7.55. The van der Waals surface area contributed by atoms with Gasteiger partial charge in [0.15, 0.2) is 0 Å². The predicted octanol–water partition coefficient (Wildman–Crippen LogP) is 3.95. The number of aromatic nitrogens is 3. The first-order chi connectivity index (χ1) is 13.2. The van der Waals surface area contributed by atoms with Gasteiger partial charge in [0, 0.05) is 5.69 Å². The molecular formula is C21H24N4O2. The number of rotatable bonds is 5. The molecule has 1 saturated carbocycles. The lowest BCUT2D eigenvalue weighted by Crippen LogP contribution is -2.26. The first kappa shape index (κ1) is 17.7. The lowest BCUT2D eigenvalue weighted by molar-refractivity contribution is -0.123. The molecule has 2 aromatic carbocycles. The van der Waals surface area contributed by atoms with Crippen LogP contribution in [0.3, 0.4) is 0 Å². The van der Waals surface area contributed by atoms with Crippen molar-refractivity contribution in [3.05, 3.63) is 48.5 Å². The Bertz CT molecular complexity index is 911. The molecule has 1 aliphatic carbocycles. The molecule has 1 aliphatic rings. The summed E-state index contributed by atoms with van der Waals surface area (Å²) in [6.07, 6.45) is 4.69. The lowest BCUT2D eigenvalue weighted by atomic mass is 9.89. The Labute approximate surface area is 158 Å². The van der Waals surface area contributed by atoms with Gasteiger partial charge in [0.25, 0.3) is 0 Å². The number of nitrogens with zero attached hydrogens (tertiary/aromatic N) is 3. The van der Waals surface area contributed by atoms with Crippen molar-refractivity contribution in [2.24, 2.45) is 5.92 Å². The van der Waals surface area contributed by atoms with Crippen molar-refractivity contribution in [1.29, 1.82) is 0 Å². The fourth-order valence-corrected chi connectivity index (χ4v) is 3.53. The van der Waals surface area contributed by atoms with Crippen LogP contribution in [0.5, 0.6) is 0 Å². The molecule has 140 valence electrons. The Hall–Kier alpha value is -2.73. The van der Waals surface area contributed by atoms with Crippen molar-refractivity contribution in [1.82, 2.24) is 15.0 Å². The predicted molar refractivity (Wildman–Crippen MR) is 105 cm³/mol. The van der Waals surface area contributed by atoms with Crippen LogP contribution in [0.4, 0.5) is 5.69 Å². The maximum atomic E-state index is 12.1. The minimum Gasteiger partial charge on any atom is -0.368 e. The number of hydrogen-bond donors (Lipinski definition) is 1. The molecule has 0 bridgehead atoms. The van der Waals surface area contributed by atoms with Crippen molar-refractivity contribution >= 4 is 22.6 Å². The van der Waals surface area contributed by atoms with Gasteiger partial charge < -0.3 is 10.1 Å². The highest BCUT2D eigenvalue weighted by Crippen LogP contribution is 2.25. The number of amides is 1. The topological polar surface area (TPSA) is 69.0 Å². The zero-order chi connectivity index (χ0) is 18.6. The van der Waals surface area contributed by atoms with Gasteiger partial charge >= 0.3 is 0 Å². The fraction of sp³-hybridized carbons (Fsp3) is 0.381.